The number of alkyl halides is 3. The van der Waals surface area contributed by atoms with Gasteiger partial charge in [-0.25, -0.2) is 8.42 Å². The molecule has 1 N–H and O–H groups in total. The SMILES string of the molecule is CC(NC(=O)c1ccc(S(=O)(=O)C(F)(F)F)cc1)c1cccc(Cl)c1. The van der Waals surface area contributed by atoms with Gasteiger partial charge >= 0.3 is 5.51 Å². The molecule has 0 aromatic heterocycles. The summed E-state index contributed by atoms with van der Waals surface area (Å²) in [5.74, 6) is -0.552. The molecule has 0 aliphatic carbocycles. The molecule has 0 fully saturated rings. The van der Waals surface area contributed by atoms with Crippen LogP contribution in [0.2, 0.25) is 5.02 Å². The molecule has 134 valence electrons. The Labute approximate surface area is 147 Å². The first-order valence-corrected chi connectivity index (χ1v) is 8.86. The van der Waals surface area contributed by atoms with Gasteiger partial charge in [0.2, 0.25) is 0 Å². The Morgan fingerprint density at radius 2 is 1.72 bits per heavy atom. The fourth-order valence-electron chi connectivity index (χ4n) is 2.06. The average Bonchev–Trinajstić information content (AvgIpc) is 2.53. The van der Waals surface area contributed by atoms with Crippen LogP contribution in [-0.2, 0) is 9.84 Å². The van der Waals surface area contributed by atoms with E-state index >= 15 is 0 Å². The Balaban J connectivity index is 2.16. The Bertz CT molecular complexity index is 880. The van der Waals surface area contributed by atoms with Crippen molar-refractivity contribution in [1.82, 2.24) is 5.32 Å². The highest BCUT2D eigenvalue weighted by molar-refractivity contribution is 7.92. The molecule has 0 aliphatic heterocycles. The van der Waals surface area contributed by atoms with Crippen LogP contribution in [0, 0.1) is 0 Å². The third-order valence-electron chi connectivity index (χ3n) is 3.43. The van der Waals surface area contributed by atoms with Gasteiger partial charge in [-0.1, -0.05) is 23.7 Å². The summed E-state index contributed by atoms with van der Waals surface area (Å²) in [6.07, 6.45) is 0. The lowest BCUT2D eigenvalue weighted by Gasteiger charge is -2.15. The van der Waals surface area contributed by atoms with Crippen LogP contribution < -0.4 is 5.32 Å². The molecule has 1 amide bonds. The van der Waals surface area contributed by atoms with Gasteiger partial charge in [-0.2, -0.15) is 13.2 Å². The number of rotatable bonds is 4. The van der Waals surface area contributed by atoms with Gasteiger partial charge in [0, 0.05) is 10.6 Å². The maximum Gasteiger partial charge on any atom is 0.501 e. The van der Waals surface area contributed by atoms with Crippen LogP contribution in [0.4, 0.5) is 13.2 Å². The number of nitrogens with one attached hydrogen (secondary N) is 1. The van der Waals surface area contributed by atoms with E-state index < -0.39 is 32.2 Å². The third-order valence-corrected chi connectivity index (χ3v) is 5.17. The van der Waals surface area contributed by atoms with Gasteiger partial charge in [-0.15, -0.1) is 0 Å². The standard InChI is InChI=1S/C16H13ClF3NO3S/c1-10(12-3-2-4-13(17)9-12)21-15(22)11-5-7-14(8-6-11)25(23,24)16(18,19)20/h2-10H,1H3,(H,21,22). The van der Waals surface area contributed by atoms with Gasteiger partial charge in [-0.05, 0) is 48.9 Å². The topological polar surface area (TPSA) is 63.2 Å². The molecule has 0 radical (unpaired) electrons. The van der Waals surface area contributed by atoms with Crippen LogP contribution in [0.15, 0.2) is 53.4 Å². The summed E-state index contributed by atoms with van der Waals surface area (Å²) >= 11 is 5.88. The number of halogens is 4. The van der Waals surface area contributed by atoms with Gasteiger partial charge in [0.05, 0.1) is 10.9 Å². The number of amides is 1. The number of benzene rings is 2. The molecule has 0 spiro atoms. The average molecular weight is 392 g/mol. The Morgan fingerprint density at radius 1 is 1.12 bits per heavy atom. The van der Waals surface area contributed by atoms with Crippen LogP contribution in [-0.4, -0.2) is 19.8 Å². The number of carbonyl (C=O) groups is 1. The minimum absolute atomic E-state index is 0.0370. The molecule has 2 rings (SSSR count). The van der Waals surface area contributed by atoms with Crippen molar-refractivity contribution in [3.8, 4) is 0 Å². The number of carbonyl (C=O) groups excluding carboxylic acids is 1. The normalized spacial score (nSPS) is 13.3. The van der Waals surface area contributed by atoms with Crippen molar-refractivity contribution in [3.05, 3.63) is 64.7 Å². The van der Waals surface area contributed by atoms with E-state index in [1.807, 2.05) is 0 Å². The molecular formula is C16H13ClF3NO3S. The van der Waals surface area contributed by atoms with Crippen molar-refractivity contribution < 1.29 is 26.4 Å². The quantitative estimate of drug-likeness (QED) is 0.852. The van der Waals surface area contributed by atoms with E-state index in [9.17, 15) is 26.4 Å². The molecule has 0 bridgehead atoms. The summed E-state index contributed by atoms with van der Waals surface area (Å²) in [6, 6.07) is 9.99. The Morgan fingerprint density at radius 3 is 2.24 bits per heavy atom. The second-order valence-corrected chi connectivity index (χ2v) is 7.60. The zero-order valence-corrected chi connectivity index (χ0v) is 14.4. The number of hydrogen-bond acceptors (Lipinski definition) is 3. The first kappa shape index (κ1) is 19.3. The third kappa shape index (κ3) is 4.32. The molecule has 2 aromatic carbocycles. The molecule has 9 heteroatoms. The van der Waals surface area contributed by atoms with E-state index in [1.54, 1.807) is 31.2 Å². The van der Waals surface area contributed by atoms with Crippen LogP contribution >= 0.6 is 11.6 Å². The summed E-state index contributed by atoms with van der Waals surface area (Å²) in [4.78, 5) is 11.2. The zero-order valence-electron chi connectivity index (χ0n) is 12.8. The lowest BCUT2D eigenvalue weighted by atomic mass is 10.1. The Kier molecular flexibility index (Phi) is 5.43. The highest BCUT2D eigenvalue weighted by Gasteiger charge is 2.46. The van der Waals surface area contributed by atoms with Crippen molar-refractivity contribution >= 4 is 27.3 Å². The number of sulfone groups is 1. The summed E-state index contributed by atoms with van der Waals surface area (Å²) in [5, 5.41) is 3.16. The second-order valence-electron chi connectivity index (χ2n) is 5.22. The molecule has 0 aliphatic rings. The van der Waals surface area contributed by atoms with E-state index in [4.69, 9.17) is 11.6 Å². The molecular weight excluding hydrogens is 379 g/mol. The maximum atomic E-state index is 12.5. The van der Waals surface area contributed by atoms with Crippen molar-refractivity contribution in [2.75, 3.05) is 0 Å². The van der Waals surface area contributed by atoms with Crippen molar-refractivity contribution in [2.45, 2.75) is 23.4 Å². The monoisotopic (exact) mass is 391 g/mol. The van der Waals surface area contributed by atoms with Gasteiger partial charge in [0.1, 0.15) is 0 Å². The first-order chi connectivity index (χ1) is 11.5. The van der Waals surface area contributed by atoms with E-state index in [0.717, 1.165) is 29.8 Å². The van der Waals surface area contributed by atoms with Crippen LogP contribution in [0.3, 0.4) is 0 Å². The second kappa shape index (κ2) is 7.05. The van der Waals surface area contributed by atoms with E-state index in [2.05, 4.69) is 5.32 Å². The molecule has 0 heterocycles. The minimum atomic E-state index is -5.44. The largest absolute Gasteiger partial charge is 0.501 e. The smallest absolute Gasteiger partial charge is 0.346 e. The summed E-state index contributed by atoms with van der Waals surface area (Å²) in [7, 11) is -5.44. The van der Waals surface area contributed by atoms with Gasteiger partial charge < -0.3 is 5.32 Å². The molecule has 0 saturated carbocycles. The van der Waals surface area contributed by atoms with Crippen molar-refractivity contribution in [2.24, 2.45) is 0 Å². The van der Waals surface area contributed by atoms with Crippen LogP contribution in [0.1, 0.15) is 28.9 Å². The Hall–Kier alpha value is -2.06. The molecule has 1 atom stereocenters. The van der Waals surface area contributed by atoms with Gasteiger partial charge in [0.25, 0.3) is 15.7 Å². The lowest BCUT2D eigenvalue weighted by molar-refractivity contribution is -0.0436. The van der Waals surface area contributed by atoms with E-state index in [-0.39, 0.29) is 5.56 Å². The lowest BCUT2D eigenvalue weighted by Crippen LogP contribution is -2.27. The van der Waals surface area contributed by atoms with Crippen molar-refractivity contribution in [3.63, 3.8) is 0 Å². The van der Waals surface area contributed by atoms with E-state index in [0.29, 0.717) is 5.02 Å². The van der Waals surface area contributed by atoms with E-state index in [1.165, 1.54) is 0 Å². The summed E-state index contributed by atoms with van der Waals surface area (Å²) in [5.41, 5.74) is -4.61. The zero-order chi connectivity index (χ0) is 18.8. The fourth-order valence-corrected chi connectivity index (χ4v) is 3.02. The van der Waals surface area contributed by atoms with Crippen LogP contribution in [0.5, 0.6) is 0 Å². The van der Waals surface area contributed by atoms with Crippen molar-refractivity contribution in [1.29, 1.82) is 0 Å². The molecule has 2 aromatic rings. The van der Waals surface area contributed by atoms with Gasteiger partial charge in [0.15, 0.2) is 0 Å². The molecule has 4 nitrogen and oxygen atoms in total. The highest BCUT2D eigenvalue weighted by atomic mass is 35.5. The molecule has 25 heavy (non-hydrogen) atoms. The molecule has 0 saturated heterocycles. The number of hydrogen-bond donors (Lipinski definition) is 1. The summed E-state index contributed by atoms with van der Waals surface area (Å²) in [6.45, 7) is 1.71. The predicted octanol–water partition coefficient (Wildman–Crippen LogP) is 4.12. The highest BCUT2D eigenvalue weighted by Crippen LogP contribution is 2.30. The van der Waals surface area contributed by atoms with Crippen LogP contribution in [0.25, 0.3) is 0 Å². The summed E-state index contributed by atoms with van der Waals surface area (Å²) < 4.78 is 60.1. The molecule has 1 unspecified atom stereocenters. The maximum absolute atomic E-state index is 12.5. The van der Waals surface area contributed by atoms with Gasteiger partial charge in [-0.3, -0.25) is 4.79 Å². The predicted molar refractivity (Wildman–Crippen MR) is 87.0 cm³/mol. The minimum Gasteiger partial charge on any atom is -0.346 e. The first-order valence-electron chi connectivity index (χ1n) is 7.00. The fraction of sp³-hybridized carbons (Fsp3) is 0.188.